The zero-order chi connectivity index (χ0) is 14.1. The summed E-state index contributed by atoms with van der Waals surface area (Å²) in [4.78, 5) is 26.1. The third-order valence-corrected chi connectivity index (χ3v) is 4.94. The number of carboxylic acid groups (broad SMARTS) is 1. The molecule has 2 heterocycles. The number of piperidine rings is 1. The molecular weight excluding hydrogens is 244 g/mol. The highest BCUT2D eigenvalue weighted by Gasteiger charge is 2.52. The lowest BCUT2D eigenvalue weighted by Gasteiger charge is -2.41. The number of nitrogens with zero attached hydrogens (tertiary/aromatic N) is 1. The Hall–Kier alpha value is -1.10. The van der Waals surface area contributed by atoms with Gasteiger partial charge in [-0.3, -0.25) is 4.79 Å². The number of rotatable bonds is 3. The van der Waals surface area contributed by atoms with Gasteiger partial charge in [0.15, 0.2) is 0 Å². The van der Waals surface area contributed by atoms with Gasteiger partial charge < -0.3 is 15.3 Å². The first-order chi connectivity index (χ1) is 8.96. The maximum atomic E-state index is 12.8. The number of carboxylic acids is 1. The van der Waals surface area contributed by atoms with Crippen LogP contribution in [0.5, 0.6) is 0 Å². The van der Waals surface area contributed by atoms with Gasteiger partial charge in [0.25, 0.3) is 0 Å². The van der Waals surface area contributed by atoms with Crippen LogP contribution in [0.1, 0.15) is 46.0 Å². The molecule has 1 amide bonds. The standard InChI is InChI=1S/C14H24N2O3/c1-3-14(12(18)19)5-4-10-16(14)11(17)13(2)6-8-15-9-7-13/h15H,3-10H2,1-2H3,(H,18,19). The van der Waals surface area contributed by atoms with Crippen LogP contribution in [-0.4, -0.2) is 47.1 Å². The van der Waals surface area contributed by atoms with Gasteiger partial charge in [-0.1, -0.05) is 13.8 Å². The fraction of sp³-hybridized carbons (Fsp3) is 0.857. The van der Waals surface area contributed by atoms with Gasteiger partial charge in [0, 0.05) is 12.0 Å². The summed E-state index contributed by atoms with van der Waals surface area (Å²) in [7, 11) is 0. The number of carbonyl (C=O) groups excluding carboxylic acids is 1. The molecule has 5 nitrogen and oxygen atoms in total. The van der Waals surface area contributed by atoms with Gasteiger partial charge in [-0.15, -0.1) is 0 Å². The van der Waals surface area contributed by atoms with E-state index in [1.54, 1.807) is 4.90 Å². The molecule has 19 heavy (non-hydrogen) atoms. The third kappa shape index (κ3) is 2.24. The molecule has 0 bridgehead atoms. The minimum absolute atomic E-state index is 0.0377. The number of hydrogen-bond donors (Lipinski definition) is 2. The number of hydrogen-bond acceptors (Lipinski definition) is 3. The molecule has 0 aromatic heterocycles. The quantitative estimate of drug-likeness (QED) is 0.808. The van der Waals surface area contributed by atoms with Gasteiger partial charge >= 0.3 is 5.97 Å². The smallest absolute Gasteiger partial charge is 0.329 e. The predicted octanol–water partition coefficient (Wildman–Crippen LogP) is 1.23. The molecule has 0 aliphatic carbocycles. The van der Waals surface area contributed by atoms with Crippen molar-refractivity contribution in [3.8, 4) is 0 Å². The van der Waals surface area contributed by atoms with Crippen molar-refractivity contribution in [2.24, 2.45) is 5.41 Å². The third-order valence-electron chi connectivity index (χ3n) is 4.94. The van der Waals surface area contributed by atoms with E-state index in [1.165, 1.54) is 0 Å². The molecule has 1 atom stereocenters. The number of nitrogens with one attached hydrogen (secondary N) is 1. The van der Waals surface area contributed by atoms with Crippen molar-refractivity contribution in [2.45, 2.75) is 51.5 Å². The maximum absolute atomic E-state index is 12.8. The van der Waals surface area contributed by atoms with Crippen molar-refractivity contribution < 1.29 is 14.7 Å². The highest BCUT2D eigenvalue weighted by Crippen LogP contribution is 2.39. The first-order valence-corrected chi connectivity index (χ1v) is 7.22. The average molecular weight is 268 g/mol. The Labute approximate surface area is 114 Å². The molecule has 2 saturated heterocycles. The summed E-state index contributed by atoms with van der Waals surface area (Å²) in [6.45, 7) is 6.10. The number of amides is 1. The highest BCUT2D eigenvalue weighted by atomic mass is 16.4. The van der Waals surface area contributed by atoms with Gasteiger partial charge in [-0.2, -0.15) is 0 Å². The van der Waals surface area contributed by atoms with Gasteiger partial charge in [-0.05, 0) is 45.2 Å². The summed E-state index contributed by atoms with van der Waals surface area (Å²) in [5.74, 6) is -0.811. The molecule has 1 unspecified atom stereocenters. The van der Waals surface area contributed by atoms with Crippen LogP contribution in [0.3, 0.4) is 0 Å². The Morgan fingerprint density at radius 3 is 2.42 bits per heavy atom. The second-order valence-corrected chi connectivity index (χ2v) is 6.06. The predicted molar refractivity (Wildman–Crippen MR) is 71.8 cm³/mol. The molecule has 5 heteroatoms. The van der Waals surface area contributed by atoms with Crippen molar-refractivity contribution in [3.63, 3.8) is 0 Å². The molecule has 2 rings (SSSR count). The van der Waals surface area contributed by atoms with Crippen molar-refractivity contribution in [3.05, 3.63) is 0 Å². The van der Waals surface area contributed by atoms with Crippen molar-refractivity contribution in [1.29, 1.82) is 0 Å². The number of carbonyl (C=O) groups is 2. The molecule has 0 spiro atoms. The highest BCUT2D eigenvalue weighted by molar-refractivity contribution is 5.90. The van der Waals surface area contributed by atoms with E-state index in [9.17, 15) is 14.7 Å². The molecule has 0 aromatic rings. The van der Waals surface area contributed by atoms with Crippen LogP contribution in [0.25, 0.3) is 0 Å². The van der Waals surface area contributed by atoms with Crippen LogP contribution in [0.2, 0.25) is 0 Å². The van der Waals surface area contributed by atoms with Gasteiger partial charge in [0.05, 0.1) is 0 Å². The second-order valence-electron chi connectivity index (χ2n) is 6.06. The summed E-state index contributed by atoms with van der Waals surface area (Å²) in [5, 5.41) is 12.8. The van der Waals surface area contributed by atoms with E-state index >= 15 is 0 Å². The Balaban J connectivity index is 2.24. The molecule has 2 aliphatic heterocycles. The second kappa shape index (κ2) is 5.12. The van der Waals surface area contributed by atoms with Gasteiger partial charge in [0.1, 0.15) is 5.54 Å². The molecule has 2 N–H and O–H groups in total. The Morgan fingerprint density at radius 1 is 1.26 bits per heavy atom. The monoisotopic (exact) mass is 268 g/mol. The summed E-state index contributed by atoms with van der Waals surface area (Å²) in [6.07, 6.45) is 3.45. The van der Waals surface area contributed by atoms with E-state index in [4.69, 9.17) is 0 Å². The zero-order valence-electron chi connectivity index (χ0n) is 11.9. The largest absolute Gasteiger partial charge is 0.479 e. The van der Waals surface area contributed by atoms with Crippen LogP contribution in [0.4, 0.5) is 0 Å². The average Bonchev–Trinajstić information content (AvgIpc) is 2.83. The van der Waals surface area contributed by atoms with Crippen LogP contribution < -0.4 is 5.32 Å². The first kappa shape index (κ1) is 14.3. The van der Waals surface area contributed by atoms with Crippen LogP contribution in [0.15, 0.2) is 0 Å². The Morgan fingerprint density at radius 2 is 1.89 bits per heavy atom. The summed E-state index contributed by atoms with van der Waals surface area (Å²) in [6, 6.07) is 0. The van der Waals surface area contributed by atoms with E-state index in [-0.39, 0.29) is 5.91 Å². The number of likely N-dealkylation sites (tertiary alicyclic amines) is 1. The van der Waals surface area contributed by atoms with E-state index in [2.05, 4.69) is 5.32 Å². The van der Waals surface area contributed by atoms with Crippen LogP contribution >= 0.6 is 0 Å². The van der Waals surface area contributed by atoms with Crippen molar-refractivity contribution in [2.75, 3.05) is 19.6 Å². The van der Waals surface area contributed by atoms with E-state index in [1.807, 2.05) is 13.8 Å². The molecule has 0 saturated carbocycles. The molecule has 108 valence electrons. The van der Waals surface area contributed by atoms with Gasteiger partial charge in [0.2, 0.25) is 5.91 Å². The lowest BCUT2D eigenvalue weighted by atomic mass is 9.78. The lowest BCUT2D eigenvalue weighted by molar-refractivity contribution is -0.161. The van der Waals surface area contributed by atoms with Crippen molar-refractivity contribution >= 4 is 11.9 Å². The SMILES string of the molecule is CCC1(C(=O)O)CCCN1C(=O)C1(C)CCNCC1. The lowest BCUT2D eigenvalue weighted by Crippen LogP contribution is -2.57. The van der Waals surface area contributed by atoms with Gasteiger partial charge in [-0.25, -0.2) is 4.79 Å². The molecule has 2 aliphatic rings. The molecule has 0 aromatic carbocycles. The fourth-order valence-corrected chi connectivity index (χ4v) is 3.43. The van der Waals surface area contributed by atoms with E-state index < -0.39 is 16.9 Å². The van der Waals surface area contributed by atoms with Crippen LogP contribution in [0, 0.1) is 5.41 Å². The van der Waals surface area contributed by atoms with Crippen molar-refractivity contribution in [1.82, 2.24) is 10.2 Å². The molecular formula is C14H24N2O3. The molecule has 2 fully saturated rings. The Kier molecular flexibility index (Phi) is 3.85. The summed E-state index contributed by atoms with van der Waals surface area (Å²) < 4.78 is 0. The number of aliphatic carboxylic acids is 1. The topological polar surface area (TPSA) is 69.6 Å². The summed E-state index contributed by atoms with van der Waals surface area (Å²) >= 11 is 0. The first-order valence-electron chi connectivity index (χ1n) is 7.22. The summed E-state index contributed by atoms with van der Waals surface area (Å²) in [5.41, 5.74) is -1.36. The fourth-order valence-electron chi connectivity index (χ4n) is 3.43. The zero-order valence-corrected chi connectivity index (χ0v) is 11.9. The minimum atomic E-state index is -0.967. The normalized spacial score (nSPS) is 30.3. The van der Waals surface area contributed by atoms with Crippen LogP contribution in [-0.2, 0) is 9.59 Å². The maximum Gasteiger partial charge on any atom is 0.329 e. The minimum Gasteiger partial charge on any atom is -0.479 e. The van der Waals surface area contributed by atoms with E-state index in [0.717, 1.165) is 32.4 Å². The molecule has 0 radical (unpaired) electrons. The Bertz CT molecular complexity index is 377. The van der Waals surface area contributed by atoms with E-state index in [0.29, 0.717) is 19.4 Å².